The van der Waals surface area contributed by atoms with Crippen molar-refractivity contribution in [3.63, 3.8) is 0 Å². The first-order valence-electron chi connectivity index (χ1n) is 11.4. The van der Waals surface area contributed by atoms with Crippen LogP contribution in [0.1, 0.15) is 23.1 Å². The van der Waals surface area contributed by atoms with E-state index in [4.69, 9.17) is 0 Å². The van der Waals surface area contributed by atoms with Gasteiger partial charge in [-0.25, -0.2) is 0 Å². The Morgan fingerprint density at radius 3 is 1.56 bits per heavy atom. The molecule has 32 heavy (non-hydrogen) atoms. The normalized spacial score (nSPS) is 11.5. The second kappa shape index (κ2) is 11.2. The van der Waals surface area contributed by atoms with E-state index >= 15 is 0 Å². The highest BCUT2D eigenvalue weighted by Gasteiger charge is 2.14. The summed E-state index contributed by atoms with van der Waals surface area (Å²) in [6.07, 6.45) is 5.59. The van der Waals surface area contributed by atoms with Crippen molar-refractivity contribution < 1.29 is 0 Å². The van der Waals surface area contributed by atoms with Crippen LogP contribution in [0, 0.1) is 5.92 Å². The third-order valence-corrected chi connectivity index (χ3v) is 5.95. The number of allylic oxidation sites excluding steroid dienone is 1. The lowest BCUT2D eigenvalue weighted by molar-refractivity contribution is 0.529. The summed E-state index contributed by atoms with van der Waals surface area (Å²) in [6, 6.07) is 43.1. The average Bonchev–Trinajstić information content (AvgIpc) is 2.86. The zero-order valence-corrected chi connectivity index (χ0v) is 18.8. The van der Waals surface area contributed by atoms with Gasteiger partial charge in [0.2, 0.25) is 0 Å². The van der Waals surface area contributed by atoms with E-state index in [1.165, 1.54) is 28.1 Å². The predicted molar refractivity (Wildman–Crippen MR) is 138 cm³/mol. The van der Waals surface area contributed by atoms with Gasteiger partial charge >= 0.3 is 0 Å². The standard InChI is InChI=1S/C31H31N/c1-32(30-20-12-5-13-21-30)31(29-18-10-4-11-19-29)23-22-28(24-26-14-6-2-7-15-26)25-27-16-8-3-9-17-27/h2-21,23,28H,22,24-25H2,1H3/b31-23-. The van der Waals surface area contributed by atoms with E-state index < -0.39 is 0 Å². The van der Waals surface area contributed by atoms with E-state index in [9.17, 15) is 0 Å². The van der Waals surface area contributed by atoms with Crippen LogP contribution in [0.15, 0.2) is 127 Å². The molecule has 0 aliphatic rings. The van der Waals surface area contributed by atoms with Crippen LogP contribution in [0.5, 0.6) is 0 Å². The van der Waals surface area contributed by atoms with Crippen molar-refractivity contribution in [1.82, 2.24) is 0 Å². The van der Waals surface area contributed by atoms with Crippen LogP contribution in [0.3, 0.4) is 0 Å². The summed E-state index contributed by atoms with van der Waals surface area (Å²) in [5, 5.41) is 0. The number of benzene rings is 4. The average molecular weight is 418 g/mol. The van der Waals surface area contributed by atoms with Gasteiger partial charge in [-0.3, -0.25) is 0 Å². The highest BCUT2D eigenvalue weighted by molar-refractivity contribution is 5.78. The third kappa shape index (κ3) is 5.98. The van der Waals surface area contributed by atoms with E-state index in [1.54, 1.807) is 0 Å². The smallest absolute Gasteiger partial charge is 0.0441 e. The summed E-state index contributed by atoms with van der Waals surface area (Å²) >= 11 is 0. The lowest BCUT2D eigenvalue weighted by Crippen LogP contribution is -2.16. The summed E-state index contributed by atoms with van der Waals surface area (Å²) < 4.78 is 0. The van der Waals surface area contributed by atoms with Crippen molar-refractivity contribution in [3.05, 3.63) is 144 Å². The number of para-hydroxylation sites is 1. The van der Waals surface area contributed by atoms with Crippen molar-refractivity contribution in [2.75, 3.05) is 11.9 Å². The molecule has 1 nitrogen and oxygen atoms in total. The van der Waals surface area contributed by atoms with Crippen molar-refractivity contribution >= 4 is 11.4 Å². The van der Waals surface area contributed by atoms with Crippen molar-refractivity contribution in [3.8, 4) is 0 Å². The number of hydrogen-bond acceptors (Lipinski definition) is 1. The molecule has 0 saturated carbocycles. The molecule has 4 aromatic carbocycles. The zero-order chi connectivity index (χ0) is 22.0. The third-order valence-electron chi connectivity index (χ3n) is 5.95. The summed E-state index contributed by atoms with van der Waals surface area (Å²) in [4.78, 5) is 2.30. The van der Waals surface area contributed by atoms with Crippen LogP contribution >= 0.6 is 0 Å². The fourth-order valence-electron chi connectivity index (χ4n) is 4.26. The molecule has 0 atom stereocenters. The van der Waals surface area contributed by atoms with Crippen molar-refractivity contribution in [2.24, 2.45) is 5.92 Å². The van der Waals surface area contributed by atoms with Crippen LogP contribution in [0.2, 0.25) is 0 Å². The molecule has 0 spiro atoms. The fraction of sp³-hybridized carbons (Fsp3) is 0.161. The highest BCUT2D eigenvalue weighted by atomic mass is 15.1. The maximum absolute atomic E-state index is 2.43. The molecule has 0 aromatic heterocycles. The largest absolute Gasteiger partial charge is 0.344 e. The van der Waals surface area contributed by atoms with Gasteiger partial charge in [0.25, 0.3) is 0 Å². The van der Waals surface area contributed by atoms with Gasteiger partial charge in [0.05, 0.1) is 0 Å². The summed E-state index contributed by atoms with van der Waals surface area (Å²) in [5.74, 6) is 0.530. The van der Waals surface area contributed by atoms with E-state index in [1.807, 2.05) is 0 Å². The van der Waals surface area contributed by atoms with E-state index in [2.05, 4.69) is 139 Å². The molecule has 0 bridgehead atoms. The first-order valence-corrected chi connectivity index (χ1v) is 11.4. The lowest BCUT2D eigenvalue weighted by atomic mass is 9.89. The number of anilines is 1. The van der Waals surface area contributed by atoms with Crippen LogP contribution in [-0.2, 0) is 12.8 Å². The van der Waals surface area contributed by atoms with Gasteiger partial charge in [-0.15, -0.1) is 0 Å². The molecule has 4 rings (SSSR count). The molecular weight excluding hydrogens is 386 g/mol. The van der Waals surface area contributed by atoms with Crippen LogP contribution in [0.25, 0.3) is 5.70 Å². The molecule has 0 aliphatic heterocycles. The van der Waals surface area contributed by atoms with Gasteiger partial charge < -0.3 is 4.90 Å². The topological polar surface area (TPSA) is 3.24 Å². The molecule has 160 valence electrons. The molecular formula is C31H31N. The molecule has 0 fully saturated rings. The fourth-order valence-corrected chi connectivity index (χ4v) is 4.26. The summed E-state index contributed by atoms with van der Waals surface area (Å²) in [5.41, 5.74) is 6.50. The Kier molecular flexibility index (Phi) is 7.55. The Morgan fingerprint density at radius 2 is 1.06 bits per heavy atom. The van der Waals surface area contributed by atoms with E-state index in [0.717, 1.165) is 19.3 Å². The first kappa shape index (κ1) is 21.6. The molecule has 0 amide bonds. The van der Waals surface area contributed by atoms with Crippen LogP contribution in [0.4, 0.5) is 5.69 Å². The minimum absolute atomic E-state index is 0.530. The highest BCUT2D eigenvalue weighted by Crippen LogP contribution is 2.27. The van der Waals surface area contributed by atoms with Crippen molar-refractivity contribution in [1.29, 1.82) is 0 Å². The molecule has 1 heteroatoms. The van der Waals surface area contributed by atoms with Gasteiger partial charge in [0.1, 0.15) is 0 Å². The summed E-state index contributed by atoms with van der Waals surface area (Å²) in [6.45, 7) is 0. The molecule has 0 saturated heterocycles. The molecule has 4 aromatic rings. The monoisotopic (exact) mass is 417 g/mol. The SMILES string of the molecule is CN(/C(=C\CC(Cc1ccccc1)Cc1ccccc1)c1ccccc1)c1ccccc1. The Morgan fingerprint density at radius 1 is 0.625 bits per heavy atom. The van der Waals surface area contributed by atoms with Gasteiger partial charge in [0.15, 0.2) is 0 Å². The van der Waals surface area contributed by atoms with Gasteiger partial charge in [0, 0.05) is 18.4 Å². The second-order valence-electron chi connectivity index (χ2n) is 8.33. The maximum Gasteiger partial charge on any atom is 0.0441 e. The minimum Gasteiger partial charge on any atom is -0.344 e. The molecule has 0 aliphatic carbocycles. The molecule has 0 N–H and O–H groups in total. The summed E-state index contributed by atoms with van der Waals surface area (Å²) in [7, 11) is 2.16. The van der Waals surface area contributed by atoms with Crippen LogP contribution in [-0.4, -0.2) is 7.05 Å². The number of nitrogens with zero attached hydrogens (tertiary/aromatic N) is 1. The predicted octanol–water partition coefficient (Wildman–Crippen LogP) is 7.66. The maximum atomic E-state index is 2.43. The van der Waals surface area contributed by atoms with E-state index in [0.29, 0.717) is 5.92 Å². The van der Waals surface area contributed by atoms with Crippen LogP contribution < -0.4 is 4.90 Å². The molecule has 0 heterocycles. The van der Waals surface area contributed by atoms with E-state index in [-0.39, 0.29) is 0 Å². The Bertz CT molecular complexity index is 1040. The second-order valence-corrected chi connectivity index (χ2v) is 8.33. The Hall–Kier alpha value is -3.58. The minimum atomic E-state index is 0.530. The number of hydrogen-bond donors (Lipinski definition) is 0. The Balaban J connectivity index is 1.63. The quantitative estimate of drug-likeness (QED) is 0.270. The van der Waals surface area contributed by atoms with Crippen molar-refractivity contribution in [2.45, 2.75) is 19.3 Å². The van der Waals surface area contributed by atoms with Gasteiger partial charge in [-0.05, 0) is 54.0 Å². The zero-order valence-electron chi connectivity index (χ0n) is 18.8. The Labute approximate surface area is 192 Å². The molecule has 0 unspecified atom stereocenters. The van der Waals surface area contributed by atoms with Gasteiger partial charge in [-0.1, -0.05) is 115 Å². The number of rotatable bonds is 9. The lowest BCUT2D eigenvalue weighted by Gasteiger charge is -2.25. The first-order chi connectivity index (χ1) is 15.8. The van der Waals surface area contributed by atoms with Gasteiger partial charge in [-0.2, -0.15) is 0 Å². The molecule has 0 radical (unpaired) electrons.